The summed E-state index contributed by atoms with van der Waals surface area (Å²) in [5, 5.41) is 2.62. The van der Waals surface area contributed by atoms with Crippen molar-refractivity contribution in [3.63, 3.8) is 0 Å². The molecule has 2 aromatic heterocycles. The van der Waals surface area contributed by atoms with E-state index < -0.39 is 0 Å². The predicted molar refractivity (Wildman–Crippen MR) is 265 cm³/mol. The van der Waals surface area contributed by atoms with Crippen molar-refractivity contribution in [3.05, 3.63) is 230 Å². The Morgan fingerprint density at radius 1 is 0.403 bits per heavy atom. The highest BCUT2D eigenvalue weighted by atomic mass is 32.1. The number of hydrogen-bond donors (Lipinski definition) is 0. The summed E-state index contributed by atoms with van der Waals surface area (Å²) in [6.07, 6.45) is 0. The van der Waals surface area contributed by atoms with Gasteiger partial charge >= 0.3 is 0 Å². The topological polar surface area (TPSA) is 8.17 Å². The number of aromatic nitrogens is 1. The van der Waals surface area contributed by atoms with Crippen molar-refractivity contribution in [2.24, 2.45) is 0 Å². The molecule has 0 bridgehead atoms. The molecule has 62 heavy (non-hydrogen) atoms. The van der Waals surface area contributed by atoms with Crippen molar-refractivity contribution >= 4 is 59.6 Å². The van der Waals surface area contributed by atoms with Crippen LogP contribution in [0.25, 0.3) is 81.4 Å². The van der Waals surface area contributed by atoms with Gasteiger partial charge in [0.05, 0.1) is 15.7 Å². The lowest BCUT2D eigenvalue weighted by atomic mass is 9.81. The summed E-state index contributed by atoms with van der Waals surface area (Å²) < 4.78 is 5.17. The monoisotopic (exact) mass is 810 g/mol. The Morgan fingerprint density at radius 2 is 0.855 bits per heavy atom. The van der Waals surface area contributed by atoms with Gasteiger partial charge < -0.3 is 9.47 Å². The third-order valence-electron chi connectivity index (χ3n) is 13.0. The van der Waals surface area contributed by atoms with Gasteiger partial charge in [-0.2, -0.15) is 0 Å². The quantitative estimate of drug-likeness (QED) is 0.156. The second-order valence-corrected chi connectivity index (χ2v) is 18.0. The molecular weight excluding hydrogens is 769 g/mol. The van der Waals surface area contributed by atoms with Gasteiger partial charge in [-0.25, -0.2) is 0 Å². The van der Waals surface area contributed by atoms with E-state index in [1.807, 2.05) is 11.3 Å². The smallest absolute Gasteiger partial charge is 0.0727 e. The van der Waals surface area contributed by atoms with E-state index >= 15 is 0 Å². The van der Waals surface area contributed by atoms with Crippen LogP contribution < -0.4 is 4.90 Å². The van der Waals surface area contributed by atoms with Gasteiger partial charge in [-0.3, -0.25) is 0 Å². The molecule has 1 aliphatic carbocycles. The van der Waals surface area contributed by atoms with Gasteiger partial charge in [0.2, 0.25) is 0 Å². The Bertz CT molecular complexity index is 3360. The lowest BCUT2D eigenvalue weighted by Crippen LogP contribution is -2.15. The predicted octanol–water partition coefficient (Wildman–Crippen LogP) is 16.8. The van der Waals surface area contributed by atoms with Crippen molar-refractivity contribution in [1.82, 2.24) is 4.57 Å². The SMILES string of the molecule is CC1(C)c2cc(-c3ccc(N(c4ccc(-c5ccccc5)cc4)c4ccc(-c5ccccc5)cc4)cc3)ccc2-c2ccc(-n3c4ccccc4c4sc5ccccc5c43)cc21. The first kappa shape index (κ1) is 36.4. The van der Waals surface area contributed by atoms with E-state index in [1.54, 1.807) is 0 Å². The molecule has 0 unspecified atom stereocenters. The van der Waals surface area contributed by atoms with Crippen LogP contribution >= 0.6 is 11.3 Å². The van der Waals surface area contributed by atoms with Gasteiger partial charge in [-0.15, -0.1) is 11.3 Å². The zero-order valence-electron chi connectivity index (χ0n) is 34.6. The highest BCUT2D eigenvalue weighted by Gasteiger charge is 2.36. The van der Waals surface area contributed by atoms with Crippen LogP contribution in [0.5, 0.6) is 0 Å². The minimum atomic E-state index is -0.177. The van der Waals surface area contributed by atoms with Crippen molar-refractivity contribution in [1.29, 1.82) is 0 Å². The van der Waals surface area contributed by atoms with Crippen molar-refractivity contribution in [2.45, 2.75) is 19.3 Å². The molecule has 0 fully saturated rings. The fraction of sp³-hybridized carbons (Fsp3) is 0.0508. The summed E-state index contributed by atoms with van der Waals surface area (Å²) >= 11 is 1.90. The molecular formula is C59H42N2S. The number of nitrogens with zero attached hydrogens (tertiary/aromatic N) is 2. The van der Waals surface area contributed by atoms with Gasteiger partial charge in [0.1, 0.15) is 0 Å². The maximum Gasteiger partial charge on any atom is 0.0727 e. The largest absolute Gasteiger partial charge is 0.311 e. The Hall–Kier alpha value is -7.46. The van der Waals surface area contributed by atoms with Crippen LogP contribution in [0.3, 0.4) is 0 Å². The molecule has 0 amide bonds. The lowest BCUT2D eigenvalue weighted by Gasteiger charge is -2.26. The number of fused-ring (bicyclic) bond motifs is 8. The molecule has 12 rings (SSSR count). The van der Waals surface area contributed by atoms with E-state index in [-0.39, 0.29) is 5.41 Å². The molecule has 0 radical (unpaired) electrons. The number of anilines is 3. The highest BCUT2D eigenvalue weighted by Crippen LogP contribution is 2.51. The minimum Gasteiger partial charge on any atom is -0.311 e. The van der Waals surface area contributed by atoms with E-state index in [2.05, 4.69) is 242 Å². The first-order valence-corrected chi connectivity index (χ1v) is 22.2. The average molecular weight is 811 g/mol. The molecule has 11 aromatic rings. The van der Waals surface area contributed by atoms with E-state index in [9.17, 15) is 0 Å². The molecule has 1 aliphatic rings. The summed E-state index contributed by atoms with van der Waals surface area (Å²) in [6.45, 7) is 4.78. The molecule has 2 nitrogen and oxygen atoms in total. The van der Waals surface area contributed by atoms with Crippen LogP contribution in [0.4, 0.5) is 17.1 Å². The molecule has 0 aliphatic heterocycles. The third kappa shape index (κ3) is 5.84. The van der Waals surface area contributed by atoms with Crippen molar-refractivity contribution in [3.8, 4) is 50.2 Å². The Labute approximate surface area is 366 Å². The fourth-order valence-electron chi connectivity index (χ4n) is 9.85. The van der Waals surface area contributed by atoms with Crippen LogP contribution in [0.2, 0.25) is 0 Å². The molecule has 9 aromatic carbocycles. The molecule has 0 atom stereocenters. The van der Waals surface area contributed by atoms with Crippen LogP contribution in [0.15, 0.2) is 218 Å². The minimum absolute atomic E-state index is 0.177. The molecule has 0 saturated carbocycles. The summed E-state index contributed by atoms with van der Waals surface area (Å²) in [7, 11) is 0. The van der Waals surface area contributed by atoms with Gasteiger partial charge in [0.25, 0.3) is 0 Å². The zero-order valence-corrected chi connectivity index (χ0v) is 35.4. The van der Waals surface area contributed by atoms with Gasteiger partial charge in [0, 0.05) is 43.6 Å². The molecule has 0 saturated heterocycles. The normalized spacial score (nSPS) is 12.8. The van der Waals surface area contributed by atoms with Crippen LogP contribution in [-0.2, 0) is 5.41 Å². The van der Waals surface area contributed by atoms with E-state index in [0.717, 1.165) is 17.1 Å². The molecule has 0 N–H and O–H groups in total. The fourth-order valence-corrected chi connectivity index (χ4v) is 11.1. The molecule has 0 spiro atoms. The van der Waals surface area contributed by atoms with Gasteiger partial charge in [-0.05, 0) is 122 Å². The number of rotatable bonds is 7. The van der Waals surface area contributed by atoms with Gasteiger partial charge in [-0.1, -0.05) is 166 Å². The second-order valence-electron chi connectivity index (χ2n) is 17.0. The van der Waals surface area contributed by atoms with Gasteiger partial charge in [0.15, 0.2) is 0 Å². The standard InChI is InChI=1S/C59H42N2S/c1-59(2)53-37-44(27-35-49(53)50-36-34-48(38-54(50)59)61-55-19-11-9-17-51(55)58-57(61)52-18-10-12-20-56(52)62-58)43-25-32-47(33-26-43)60(45-28-21-41(22-29-45)39-13-5-3-6-14-39)46-30-23-42(24-31-46)40-15-7-4-8-16-40/h3-38H,1-2H3. The van der Waals surface area contributed by atoms with Crippen molar-refractivity contribution < 1.29 is 0 Å². The average Bonchev–Trinajstić information content (AvgIpc) is 3.94. The summed E-state index contributed by atoms with van der Waals surface area (Å²) in [6, 6.07) is 80.0. The Kier molecular flexibility index (Phi) is 8.41. The highest BCUT2D eigenvalue weighted by molar-refractivity contribution is 7.26. The third-order valence-corrected chi connectivity index (χ3v) is 14.2. The molecule has 2 heterocycles. The number of para-hydroxylation sites is 1. The van der Waals surface area contributed by atoms with Crippen LogP contribution in [-0.4, -0.2) is 4.57 Å². The number of benzene rings is 9. The Balaban J connectivity index is 0.895. The van der Waals surface area contributed by atoms with E-state index in [4.69, 9.17) is 0 Å². The number of thiophene rings is 1. The summed E-state index contributed by atoms with van der Waals surface area (Å²) in [4.78, 5) is 2.36. The lowest BCUT2D eigenvalue weighted by molar-refractivity contribution is 0.660. The first-order valence-electron chi connectivity index (χ1n) is 21.4. The maximum absolute atomic E-state index is 2.49. The van der Waals surface area contributed by atoms with E-state index in [0.29, 0.717) is 0 Å². The molecule has 3 heteroatoms. The summed E-state index contributed by atoms with van der Waals surface area (Å²) in [5.74, 6) is 0. The summed E-state index contributed by atoms with van der Waals surface area (Å²) in [5.41, 5.74) is 19.6. The van der Waals surface area contributed by atoms with Crippen LogP contribution in [0.1, 0.15) is 25.0 Å². The van der Waals surface area contributed by atoms with E-state index in [1.165, 1.54) is 92.5 Å². The van der Waals surface area contributed by atoms with Crippen LogP contribution in [0, 0.1) is 0 Å². The number of hydrogen-bond acceptors (Lipinski definition) is 2. The first-order chi connectivity index (χ1) is 30.5. The Morgan fingerprint density at radius 3 is 1.45 bits per heavy atom. The second kappa shape index (κ2) is 14.3. The molecule has 294 valence electrons. The maximum atomic E-state index is 2.49. The van der Waals surface area contributed by atoms with Crippen molar-refractivity contribution in [2.75, 3.05) is 4.90 Å². The zero-order chi connectivity index (χ0) is 41.4.